The van der Waals surface area contributed by atoms with Gasteiger partial charge in [0.2, 0.25) is 5.91 Å². The zero-order chi connectivity index (χ0) is 15.0. The second kappa shape index (κ2) is 5.28. The first-order valence-corrected chi connectivity index (χ1v) is 8.80. The number of thiazole rings is 1. The van der Waals surface area contributed by atoms with Gasteiger partial charge in [0.05, 0.1) is 6.54 Å². The smallest absolute Gasteiger partial charge is 0.260 e. The third kappa shape index (κ3) is 2.87. The van der Waals surface area contributed by atoms with E-state index in [1.807, 2.05) is 0 Å². The second-order valence-corrected chi connectivity index (χ2v) is 7.29. The largest absolute Gasteiger partial charge is 0.371 e. The van der Waals surface area contributed by atoms with E-state index in [0.29, 0.717) is 4.96 Å². The van der Waals surface area contributed by atoms with E-state index < -0.39 is 10.0 Å². The monoisotopic (exact) mass is 329 g/mol. The summed E-state index contributed by atoms with van der Waals surface area (Å²) in [6, 6.07) is 0.202. The van der Waals surface area contributed by atoms with Gasteiger partial charge in [-0.1, -0.05) is 0 Å². The molecule has 3 N–H and O–H groups in total. The summed E-state index contributed by atoms with van der Waals surface area (Å²) in [4.78, 5) is 16.4. The van der Waals surface area contributed by atoms with Crippen molar-refractivity contribution < 1.29 is 13.2 Å². The Morgan fingerprint density at radius 1 is 1.52 bits per heavy atom. The molecule has 0 unspecified atom stereocenters. The minimum Gasteiger partial charge on any atom is -0.371 e. The van der Waals surface area contributed by atoms with E-state index in [-0.39, 0.29) is 29.3 Å². The molecule has 0 radical (unpaired) electrons. The Hall–Kier alpha value is -1.65. The SMILES string of the molecule is CNc1nc2sccn2c1S(=O)(=O)NCC(=O)NC1CC1. The first kappa shape index (κ1) is 14.3. The fourth-order valence-corrected chi connectivity index (χ4v) is 3.96. The molecule has 2 aromatic heterocycles. The topological polar surface area (TPSA) is 105 Å². The summed E-state index contributed by atoms with van der Waals surface area (Å²) in [6.07, 6.45) is 3.55. The molecule has 1 amide bonds. The number of sulfonamides is 1. The lowest BCUT2D eigenvalue weighted by Gasteiger charge is -2.08. The van der Waals surface area contributed by atoms with Crippen LogP contribution in [0.15, 0.2) is 16.6 Å². The number of amides is 1. The summed E-state index contributed by atoms with van der Waals surface area (Å²) in [7, 11) is -2.23. The number of nitrogens with zero attached hydrogens (tertiary/aromatic N) is 2. The van der Waals surface area contributed by atoms with Crippen molar-refractivity contribution in [2.24, 2.45) is 0 Å². The average Bonchev–Trinajstić information content (AvgIpc) is 3.00. The fourth-order valence-electron chi connectivity index (χ4n) is 1.92. The van der Waals surface area contributed by atoms with Crippen molar-refractivity contribution in [1.82, 2.24) is 19.4 Å². The van der Waals surface area contributed by atoms with Crippen molar-refractivity contribution in [1.29, 1.82) is 0 Å². The number of aromatic nitrogens is 2. The Labute approximate surface area is 125 Å². The maximum absolute atomic E-state index is 12.4. The maximum Gasteiger partial charge on any atom is 0.260 e. The van der Waals surface area contributed by atoms with Crippen LogP contribution in [0.1, 0.15) is 12.8 Å². The third-order valence-electron chi connectivity index (χ3n) is 3.07. The molecule has 3 rings (SSSR count). The van der Waals surface area contributed by atoms with Gasteiger partial charge < -0.3 is 10.6 Å². The molecule has 2 heterocycles. The molecule has 0 aromatic carbocycles. The first-order valence-electron chi connectivity index (χ1n) is 6.43. The van der Waals surface area contributed by atoms with Crippen molar-refractivity contribution in [3.05, 3.63) is 11.6 Å². The zero-order valence-electron chi connectivity index (χ0n) is 11.3. The molecular weight excluding hydrogens is 314 g/mol. The van der Waals surface area contributed by atoms with E-state index >= 15 is 0 Å². The number of nitrogens with one attached hydrogen (secondary N) is 3. The zero-order valence-corrected chi connectivity index (χ0v) is 12.9. The van der Waals surface area contributed by atoms with E-state index in [0.717, 1.165) is 12.8 Å². The quantitative estimate of drug-likeness (QED) is 0.692. The standard InChI is InChI=1S/C11H15N5O3S2/c1-12-9-10(16-4-5-20-11(16)15-9)21(18,19)13-6-8(17)14-7-2-3-7/h4-5,7,12-13H,2-3,6H2,1H3,(H,14,17). The number of anilines is 1. The van der Waals surface area contributed by atoms with Crippen LogP contribution in [0.5, 0.6) is 0 Å². The molecule has 21 heavy (non-hydrogen) atoms. The normalized spacial score (nSPS) is 15.3. The molecule has 0 bridgehead atoms. The molecule has 0 saturated heterocycles. The Morgan fingerprint density at radius 3 is 2.95 bits per heavy atom. The van der Waals surface area contributed by atoms with Crippen LogP contribution in [0.2, 0.25) is 0 Å². The average molecular weight is 329 g/mol. The van der Waals surface area contributed by atoms with Crippen LogP contribution in [0, 0.1) is 0 Å². The molecule has 2 aromatic rings. The molecule has 1 fully saturated rings. The Balaban J connectivity index is 1.81. The summed E-state index contributed by atoms with van der Waals surface area (Å²) in [5.74, 6) is -0.0601. The Morgan fingerprint density at radius 2 is 2.29 bits per heavy atom. The maximum atomic E-state index is 12.4. The lowest BCUT2D eigenvalue weighted by molar-refractivity contribution is -0.120. The summed E-state index contributed by atoms with van der Waals surface area (Å²) in [5, 5.41) is 7.26. The molecule has 0 aliphatic heterocycles. The molecule has 114 valence electrons. The predicted octanol–water partition coefficient (Wildman–Crippen LogP) is -0.00560. The highest BCUT2D eigenvalue weighted by Gasteiger charge is 2.27. The van der Waals surface area contributed by atoms with Crippen LogP contribution >= 0.6 is 11.3 Å². The number of hydrogen-bond acceptors (Lipinski definition) is 6. The second-order valence-electron chi connectivity index (χ2n) is 4.74. The first-order chi connectivity index (χ1) is 10.0. The summed E-state index contributed by atoms with van der Waals surface area (Å²) in [5.41, 5.74) is 0. The minimum atomic E-state index is -3.83. The van der Waals surface area contributed by atoms with E-state index in [4.69, 9.17) is 0 Å². The van der Waals surface area contributed by atoms with Gasteiger partial charge in [0.1, 0.15) is 0 Å². The van der Waals surface area contributed by atoms with Gasteiger partial charge in [-0.3, -0.25) is 9.20 Å². The molecule has 1 saturated carbocycles. The number of imidazole rings is 1. The van der Waals surface area contributed by atoms with Crippen molar-refractivity contribution in [3.63, 3.8) is 0 Å². The molecule has 10 heteroatoms. The Kier molecular flexibility index (Phi) is 3.59. The highest BCUT2D eigenvalue weighted by atomic mass is 32.2. The van der Waals surface area contributed by atoms with Crippen LogP contribution in [0.25, 0.3) is 4.96 Å². The van der Waals surface area contributed by atoms with Gasteiger partial charge in [0.25, 0.3) is 10.0 Å². The lowest BCUT2D eigenvalue weighted by Crippen LogP contribution is -2.38. The van der Waals surface area contributed by atoms with E-state index in [2.05, 4.69) is 20.3 Å². The van der Waals surface area contributed by atoms with Gasteiger partial charge >= 0.3 is 0 Å². The van der Waals surface area contributed by atoms with Crippen molar-refractivity contribution in [2.45, 2.75) is 23.9 Å². The molecule has 1 aliphatic rings. The van der Waals surface area contributed by atoms with Gasteiger partial charge in [-0.15, -0.1) is 11.3 Å². The fraction of sp³-hybridized carbons (Fsp3) is 0.455. The third-order valence-corrected chi connectivity index (χ3v) is 5.25. The van der Waals surface area contributed by atoms with Crippen LogP contribution in [0.4, 0.5) is 5.82 Å². The molecular formula is C11H15N5O3S2. The summed E-state index contributed by atoms with van der Waals surface area (Å²) in [6.45, 7) is -0.278. The van der Waals surface area contributed by atoms with Gasteiger partial charge in [0.15, 0.2) is 15.8 Å². The van der Waals surface area contributed by atoms with E-state index in [1.165, 1.54) is 15.7 Å². The molecule has 0 atom stereocenters. The predicted molar refractivity (Wildman–Crippen MR) is 79.0 cm³/mol. The molecule has 8 nitrogen and oxygen atoms in total. The van der Waals surface area contributed by atoms with Gasteiger partial charge in [-0.2, -0.15) is 0 Å². The number of carbonyl (C=O) groups is 1. The van der Waals surface area contributed by atoms with Crippen LogP contribution in [0.3, 0.4) is 0 Å². The highest BCUT2D eigenvalue weighted by molar-refractivity contribution is 7.89. The van der Waals surface area contributed by atoms with Crippen molar-refractivity contribution >= 4 is 38.0 Å². The number of fused-ring (bicyclic) bond motifs is 1. The van der Waals surface area contributed by atoms with Crippen molar-refractivity contribution in [2.75, 3.05) is 18.9 Å². The molecule has 1 aliphatic carbocycles. The van der Waals surface area contributed by atoms with E-state index in [1.54, 1.807) is 18.6 Å². The molecule has 0 spiro atoms. The lowest BCUT2D eigenvalue weighted by atomic mass is 10.5. The highest BCUT2D eigenvalue weighted by Crippen LogP contribution is 2.25. The summed E-state index contributed by atoms with van der Waals surface area (Å²) >= 11 is 1.34. The van der Waals surface area contributed by atoms with Gasteiger partial charge in [0, 0.05) is 24.7 Å². The summed E-state index contributed by atoms with van der Waals surface area (Å²) < 4.78 is 28.6. The minimum absolute atomic E-state index is 0.0143. The van der Waals surface area contributed by atoms with Gasteiger partial charge in [-0.25, -0.2) is 18.1 Å². The van der Waals surface area contributed by atoms with E-state index in [9.17, 15) is 13.2 Å². The van der Waals surface area contributed by atoms with Crippen LogP contribution in [-0.4, -0.2) is 43.3 Å². The van der Waals surface area contributed by atoms with Gasteiger partial charge in [-0.05, 0) is 12.8 Å². The van der Waals surface area contributed by atoms with Crippen molar-refractivity contribution in [3.8, 4) is 0 Å². The van der Waals surface area contributed by atoms with Crippen LogP contribution in [-0.2, 0) is 14.8 Å². The number of hydrogen-bond donors (Lipinski definition) is 3. The van der Waals surface area contributed by atoms with Crippen LogP contribution < -0.4 is 15.4 Å². The number of rotatable bonds is 6. The number of carbonyl (C=O) groups excluding carboxylic acids is 1. The Bertz CT molecular complexity index is 775.